The first kappa shape index (κ1) is 28.8. The number of rotatable bonds is 4. The van der Waals surface area contributed by atoms with Crippen LogP contribution >= 0.6 is 0 Å². The van der Waals surface area contributed by atoms with Gasteiger partial charge in [-0.15, -0.1) is 0 Å². The fraction of sp³-hybridized carbons (Fsp3) is 0. The highest BCUT2D eigenvalue weighted by Crippen LogP contribution is 2.39. The van der Waals surface area contributed by atoms with Gasteiger partial charge in [0.15, 0.2) is 0 Å². The molecule has 0 amide bonds. The van der Waals surface area contributed by atoms with Gasteiger partial charge in [0.25, 0.3) is 0 Å². The van der Waals surface area contributed by atoms with Crippen LogP contribution in [0.5, 0.6) is 0 Å². The van der Waals surface area contributed by atoms with Gasteiger partial charge in [-0.05, 0) is 83.2 Å². The molecule has 0 radical (unpaired) electrons. The van der Waals surface area contributed by atoms with Crippen LogP contribution in [0.4, 0.5) is 0 Å². The third-order valence-corrected chi connectivity index (χ3v) is 10.7. The van der Waals surface area contributed by atoms with Crippen molar-refractivity contribution >= 4 is 65.3 Å². The molecule has 0 bridgehead atoms. The van der Waals surface area contributed by atoms with E-state index in [0.29, 0.717) is 0 Å². The summed E-state index contributed by atoms with van der Waals surface area (Å²) in [4.78, 5) is 5.21. The number of nitrogens with zero attached hydrogens (tertiary/aromatic N) is 3. The topological polar surface area (TPSA) is 22.8 Å². The molecular formula is C49H31N3. The third-order valence-electron chi connectivity index (χ3n) is 10.7. The van der Waals surface area contributed by atoms with E-state index in [-0.39, 0.29) is 0 Å². The van der Waals surface area contributed by atoms with Crippen LogP contribution in [0.2, 0.25) is 0 Å². The summed E-state index contributed by atoms with van der Waals surface area (Å²) in [5, 5.41) is 8.55. The van der Waals surface area contributed by atoms with Crippen molar-refractivity contribution in [2.24, 2.45) is 0 Å². The van der Waals surface area contributed by atoms with E-state index in [1.807, 2.05) is 0 Å². The standard InChI is InChI=1S/C49H31N3/c1-2-14-35(15-3-1)51-45-23-10-7-19-39(45)42-30-32(25-27-47(42)51)33-26-28-48-43(31-33)40-20-8-11-24-46(40)52(48)36-16-12-13-34(29-36)49-41-21-5-4-17-37(41)38-18-6-9-22-44(38)50-49/h1-31H. The number of fused-ring (bicyclic) bond motifs is 9. The Balaban J connectivity index is 1.08. The first-order valence-corrected chi connectivity index (χ1v) is 17.8. The minimum absolute atomic E-state index is 1.00. The van der Waals surface area contributed by atoms with Crippen LogP contribution in [0.3, 0.4) is 0 Å². The van der Waals surface area contributed by atoms with Gasteiger partial charge in [-0.2, -0.15) is 0 Å². The van der Waals surface area contributed by atoms with Crippen LogP contribution in [0.25, 0.3) is 99.0 Å². The Kier molecular flexibility index (Phi) is 6.25. The highest BCUT2D eigenvalue weighted by atomic mass is 15.0. The van der Waals surface area contributed by atoms with Crippen molar-refractivity contribution in [1.82, 2.24) is 14.1 Å². The highest BCUT2D eigenvalue weighted by Gasteiger charge is 2.17. The molecule has 0 aliphatic heterocycles. The molecule has 0 fully saturated rings. The first-order valence-electron chi connectivity index (χ1n) is 17.8. The summed E-state index contributed by atoms with van der Waals surface area (Å²) < 4.78 is 4.77. The molecule has 242 valence electrons. The average Bonchev–Trinajstić information content (AvgIpc) is 3.73. The summed E-state index contributed by atoms with van der Waals surface area (Å²) in [6.45, 7) is 0. The van der Waals surface area contributed by atoms with Gasteiger partial charge in [0.1, 0.15) is 0 Å². The second kappa shape index (κ2) is 11.3. The molecule has 0 N–H and O–H groups in total. The lowest BCUT2D eigenvalue weighted by Gasteiger charge is -2.13. The third kappa shape index (κ3) is 4.30. The lowest BCUT2D eigenvalue weighted by Crippen LogP contribution is -1.95. The van der Waals surface area contributed by atoms with Gasteiger partial charge >= 0.3 is 0 Å². The smallest absolute Gasteiger partial charge is 0.0788 e. The number of aromatic nitrogens is 3. The Bertz CT molecular complexity index is 3180. The van der Waals surface area contributed by atoms with E-state index < -0.39 is 0 Å². The maximum absolute atomic E-state index is 5.21. The zero-order chi connectivity index (χ0) is 34.2. The van der Waals surface area contributed by atoms with Gasteiger partial charge in [0.2, 0.25) is 0 Å². The van der Waals surface area contributed by atoms with Gasteiger partial charge in [-0.3, -0.25) is 0 Å². The van der Waals surface area contributed by atoms with Crippen LogP contribution in [0.1, 0.15) is 0 Å². The van der Waals surface area contributed by atoms with Crippen molar-refractivity contribution in [3.8, 4) is 33.8 Å². The molecule has 8 aromatic carbocycles. The first-order chi connectivity index (χ1) is 25.8. The lowest BCUT2D eigenvalue weighted by atomic mass is 9.99. The molecule has 0 saturated heterocycles. The van der Waals surface area contributed by atoms with Crippen molar-refractivity contribution in [1.29, 1.82) is 0 Å². The molecule has 3 heterocycles. The molecule has 0 aliphatic carbocycles. The predicted octanol–water partition coefficient (Wildman–Crippen LogP) is 12.9. The Hall–Kier alpha value is -6.97. The number of pyridine rings is 1. The number of benzene rings is 8. The molecule has 3 nitrogen and oxygen atoms in total. The highest BCUT2D eigenvalue weighted by molar-refractivity contribution is 6.13. The second-order valence-electron chi connectivity index (χ2n) is 13.6. The van der Waals surface area contributed by atoms with Gasteiger partial charge in [-0.1, -0.05) is 121 Å². The van der Waals surface area contributed by atoms with Gasteiger partial charge < -0.3 is 9.13 Å². The van der Waals surface area contributed by atoms with Crippen molar-refractivity contribution in [2.75, 3.05) is 0 Å². The maximum Gasteiger partial charge on any atom is 0.0788 e. The summed E-state index contributed by atoms with van der Waals surface area (Å²) in [5.41, 5.74) is 12.6. The van der Waals surface area contributed by atoms with E-state index >= 15 is 0 Å². The normalized spacial score (nSPS) is 11.8. The van der Waals surface area contributed by atoms with Crippen molar-refractivity contribution in [3.63, 3.8) is 0 Å². The molecule has 3 aromatic heterocycles. The Morgan fingerprint density at radius 1 is 0.288 bits per heavy atom. The van der Waals surface area contributed by atoms with E-state index in [4.69, 9.17) is 4.98 Å². The van der Waals surface area contributed by atoms with E-state index in [2.05, 4.69) is 197 Å². The summed E-state index contributed by atoms with van der Waals surface area (Å²) in [5.74, 6) is 0. The summed E-state index contributed by atoms with van der Waals surface area (Å²) >= 11 is 0. The Morgan fingerprint density at radius 3 is 1.46 bits per heavy atom. The van der Waals surface area contributed by atoms with Crippen molar-refractivity contribution in [2.45, 2.75) is 0 Å². The zero-order valence-electron chi connectivity index (χ0n) is 28.2. The second-order valence-corrected chi connectivity index (χ2v) is 13.6. The van der Waals surface area contributed by atoms with Crippen LogP contribution in [-0.2, 0) is 0 Å². The van der Waals surface area contributed by atoms with E-state index in [9.17, 15) is 0 Å². The zero-order valence-corrected chi connectivity index (χ0v) is 28.2. The SMILES string of the molecule is c1ccc(-n2c3ccccc3c3cc(-c4ccc5c(c4)c4ccccc4n5-c4cccc(-c5nc6ccccc6c6ccccc56)c4)ccc32)cc1. The quantitative estimate of drug-likeness (QED) is 0.172. The van der Waals surface area contributed by atoms with Gasteiger partial charge in [0, 0.05) is 49.3 Å². The molecular weight excluding hydrogens is 631 g/mol. The van der Waals surface area contributed by atoms with E-state index in [0.717, 1.165) is 27.8 Å². The lowest BCUT2D eigenvalue weighted by molar-refractivity contribution is 1.18. The monoisotopic (exact) mass is 661 g/mol. The van der Waals surface area contributed by atoms with Crippen LogP contribution < -0.4 is 0 Å². The minimum atomic E-state index is 1.00. The Morgan fingerprint density at radius 2 is 0.788 bits per heavy atom. The molecule has 11 aromatic rings. The Labute approximate surface area is 300 Å². The molecule has 3 heteroatoms. The molecule has 0 spiro atoms. The van der Waals surface area contributed by atoms with Crippen LogP contribution in [0.15, 0.2) is 188 Å². The van der Waals surface area contributed by atoms with Gasteiger partial charge in [-0.25, -0.2) is 4.98 Å². The average molecular weight is 662 g/mol. The molecule has 11 rings (SSSR count). The van der Waals surface area contributed by atoms with Crippen LogP contribution in [-0.4, -0.2) is 14.1 Å². The fourth-order valence-corrected chi connectivity index (χ4v) is 8.35. The minimum Gasteiger partial charge on any atom is -0.309 e. The number of hydrogen-bond donors (Lipinski definition) is 0. The van der Waals surface area contributed by atoms with Crippen molar-refractivity contribution in [3.05, 3.63) is 188 Å². The van der Waals surface area contributed by atoms with E-state index in [1.54, 1.807) is 0 Å². The number of hydrogen-bond acceptors (Lipinski definition) is 1. The van der Waals surface area contributed by atoms with Crippen LogP contribution in [0, 0.1) is 0 Å². The van der Waals surface area contributed by atoms with Gasteiger partial charge in [0.05, 0.1) is 33.3 Å². The fourth-order valence-electron chi connectivity index (χ4n) is 8.35. The molecule has 0 unspecified atom stereocenters. The predicted molar refractivity (Wildman–Crippen MR) is 219 cm³/mol. The number of para-hydroxylation sites is 4. The molecule has 0 aliphatic rings. The van der Waals surface area contributed by atoms with Crippen molar-refractivity contribution < 1.29 is 0 Å². The summed E-state index contributed by atoms with van der Waals surface area (Å²) in [7, 11) is 0. The summed E-state index contributed by atoms with van der Waals surface area (Å²) in [6.07, 6.45) is 0. The summed E-state index contributed by atoms with van der Waals surface area (Å²) in [6, 6.07) is 67.9. The van der Waals surface area contributed by atoms with E-state index in [1.165, 1.54) is 71.2 Å². The molecule has 0 atom stereocenters. The molecule has 52 heavy (non-hydrogen) atoms. The maximum atomic E-state index is 5.21. The molecule has 0 saturated carbocycles. The largest absolute Gasteiger partial charge is 0.309 e.